The van der Waals surface area contributed by atoms with Gasteiger partial charge in [0.2, 0.25) is 0 Å². The van der Waals surface area contributed by atoms with Crippen molar-refractivity contribution in [3.05, 3.63) is 99.7 Å². The van der Waals surface area contributed by atoms with Gasteiger partial charge in [0.15, 0.2) is 11.5 Å². The number of benzene rings is 3. The Labute approximate surface area is 187 Å². The summed E-state index contributed by atoms with van der Waals surface area (Å²) in [4.78, 5) is 13.5. The molecular weight excluding hydrogens is 404 g/mol. The minimum atomic E-state index is -0.377. The molecule has 0 spiro atoms. The second kappa shape index (κ2) is 10.0. The number of ether oxygens (including phenoxy) is 2. The summed E-state index contributed by atoms with van der Waals surface area (Å²) in [7, 11) is 0. The van der Waals surface area contributed by atoms with Crippen LogP contribution in [0.1, 0.15) is 29.5 Å². The fourth-order valence-corrected chi connectivity index (χ4v) is 3.64. The molecule has 0 N–H and O–H groups in total. The summed E-state index contributed by atoms with van der Waals surface area (Å²) in [5, 5.41) is 11.7. The van der Waals surface area contributed by atoms with E-state index in [1.165, 1.54) is 6.07 Å². The van der Waals surface area contributed by atoms with Crippen LogP contribution in [0.5, 0.6) is 17.2 Å². The van der Waals surface area contributed by atoms with Crippen molar-refractivity contribution in [2.24, 2.45) is 0 Å². The van der Waals surface area contributed by atoms with Crippen molar-refractivity contribution in [2.75, 3.05) is 13.1 Å². The van der Waals surface area contributed by atoms with Crippen LogP contribution in [0.4, 0.5) is 5.69 Å². The van der Waals surface area contributed by atoms with Crippen molar-refractivity contribution >= 4 is 11.8 Å². The van der Waals surface area contributed by atoms with Gasteiger partial charge in [-0.1, -0.05) is 36.4 Å². The number of aryl methyl sites for hydroxylation is 1. The molecule has 0 amide bonds. The minimum absolute atomic E-state index is 0.0109. The van der Waals surface area contributed by atoms with E-state index < -0.39 is 0 Å². The normalized spacial score (nSPS) is 13.5. The molecule has 0 aromatic heterocycles. The molecular formula is C26H26N2O4. The van der Waals surface area contributed by atoms with Gasteiger partial charge in [0, 0.05) is 13.1 Å². The van der Waals surface area contributed by atoms with Crippen LogP contribution in [-0.4, -0.2) is 22.9 Å². The Morgan fingerprint density at radius 3 is 2.53 bits per heavy atom. The van der Waals surface area contributed by atoms with Gasteiger partial charge in [-0.2, -0.15) is 0 Å². The lowest BCUT2D eigenvalue weighted by Gasteiger charge is -2.14. The summed E-state index contributed by atoms with van der Waals surface area (Å²) in [6.45, 7) is 4.36. The SMILES string of the molecule is Cc1ccc(Oc2ccc(C=CN3CCCC3)c([N+](=O)[O-])c2)c(OCc2ccccc2)c1. The van der Waals surface area contributed by atoms with Crippen molar-refractivity contribution in [1.82, 2.24) is 4.90 Å². The van der Waals surface area contributed by atoms with Gasteiger partial charge < -0.3 is 14.4 Å². The van der Waals surface area contributed by atoms with Crippen LogP contribution in [0.3, 0.4) is 0 Å². The highest BCUT2D eigenvalue weighted by atomic mass is 16.6. The zero-order valence-electron chi connectivity index (χ0n) is 18.1. The molecule has 1 saturated heterocycles. The van der Waals surface area contributed by atoms with Crippen LogP contribution in [0.15, 0.2) is 72.9 Å². The highest BCUT2D eigenvalue weighted by Gasteiger charge is 2.16. The average Bonchev–Trinajstić information content (AvgIpc) is 3.32. The molecule has 0 radical (unpaired) electrons. The summed E-state index contributed by atoms with van der Waals surface area (Å²) in [6, 6.07) is 20.5. The van der Waals surface area contributed by atoms with E-state index in [1.54, 1.807) is 18.2 Å². The minimum Gasteiger partial charge on any atom is -0.485 e. The fraction of sp³-hybridized carbons (Fsp3) is 0.231. The Bertz CT molecular complexity index is 1110. The quantitative estimate of drug-likeness (QED) is 0.308. The summed E-state index contributed by atoms with van der Waals surface area (Å²) < 4.78 is 12.0. The van der Waals surface area contributed by atoms with Gasteiger partial charge in [-0.3, -0.25) is 10.1 Å². The first-order valence-corrected chi connectivity index (χ1v) is 10.7. The first-order valence-electron chi connectivity index (χ1n) is 10.7. The predicted octanol–water partition coefficient (Wildman–Crippen LogP) is 6.34. The number of hydrogen-bond donors (Lipinski definition) is 0. The average molecular weight is 431 g/mol. The predicted molar refractivity (Wildman–Crippen MR) is 125 cm³/mol. The monoisotopic (exact) mass is 430 g/mol. The van der Waals surface area contributed by atoms with Crippen LogP contribution in [0, 0.1) is 17.0 Å². The number of nitrogens with zero attached hydrogens (tertiary/aromatic N) is 2. The maximum absolute atomic E-state index is 11.7. The fourth-order valence-electron chi connectivity index (χ4n) is 3.64. The van der Waals surface area contributed by atoms with Gasteiger partial charge in [-0.25, -0.2) is 0 Å². The van der Waals surface area contributed by atoms with Crippen LogP contribution in [0.25, 0.3) is 6.08 Å². The molecule has 164 valence electrons. The van der Waals surface area contributed by atoms with Crippen LogP contribution < -0.4 is 9.47 Å². The maximum Gasteiger partial charge on any atom is 0.280 e. The summed E-state index contributed by atoms with van der Waals surface area (Å²) >= 11 is 0. The lowest BCUT2D eigenvalue weighted by molar-refractivity contribution is -0.385. The first-order chi connectivity index (χ1) is 15.6. The van der Waals surface area contributed by atoms with E-state index in [4.69, 9.17) is 9.47 Å². The third kappa shape index (κ3) is 5.46. The maximum atomic E-state index is 11.7. The number of likely N-dealkylation sites (tertiary alicyclic amines) is 1. The molecule has 0 saturated carbocycles. The van der Waals surface area contributed by atoms with E-state index in [0.717, 1.165) is 37.1 Å². The largest absolute Gasteiger partial charge is 0.485 e. The molecule has 6 heteroatoms. The molecule has 3 aromatic rings. The summed E-state index contributed by atoms with van der Waals surface area (Å²) in [5.74, 6) is 1.50. The highest BCUT2D eigenvalue weighted by molar-refractivity contribution is 5.63. The summed E-state index contributed by atoms with van der Waals surface area (Å²) in [6.07, 6.45) is 6.05. The van der Waals surface area contributed by atoms with Crippen molar-refractivity contribution in [3.63, 3.8) is 0 Å². The van der Waals surface area contributed by atoms with E-state index in [9.17, 15) is 10.1 Å². The second-order valence-corrected chi connectivity index (χ2v) is 7.86. The number of nitro groups is 1. The lowest BCUT2D eigenvalue weighted by Crippen LogP contribution is -2.10. The molecule has 1 heterocycles. The molecule has 0 bridgehead atoms. The van der Waals surface area contributed by atoms with E-state index in [0.29, 0.717) is 29.4 Å². The van der Waals surface area contributed by atoms with Gasteiger partial charge >= 0.3 is 0 Å². The van der Waals surface area contributed by atoms with Crippen LogP contribution in [-0.2, 0) is 6.61 Å². The number of nitro benzene ring substituents is 1. The molecule has 1 fully saturated rings. The molecule has 0 unspecified atom stereocenters. The van der Waals surface area contributed by atoms with Crippen molar-refractivity contribution < 1.29 is 14.4 Å². The standard InChI is InChI=1S/C26H26N2O4/c1-20-9-12-25(26(17-20)31-19-21-7-3-2-4-8-21)32-23-11-10-22(24(18-23)28(29)30)13-16-27-14-5-6-15-27/h2-4,7-13,16-18H,5-6,14-15,19H2,1H3. The third-order valence-corrected chi connectivity index (χ3v) is 5.37. The van der Waals surface area contributed by atoms with Gasteiger partial charge in [0.25, 0.3) is 5.69 Å². The van der Waals surface area contributed by atoms with Gasteiger partial charge in [-0.15, -0.1) is 0 Å². The van der Waals surface area contributed by atoms with Gasteiger partial charge in [-0.05, 0) is 67.4 Å². The Balaban J connectivity index is 1.54. The van der Waals surface area contributed by atoms with Crippen molar-refractivity contribution in [2.45, 2.75) is 26.4 Å². The van der Waals surface area contributed by atoms with Crippen LogP contribution in [0.2, 0.25) is 0 Å². The van der Waals surface area contributed by atoms with E-state index >= 15 is 0 Å². The molecule has 1 aliphatic heterocycles. The Hall–Kier alpha value is -3.80. The second-order valence-electron chi connectivity index (χ2n) is 7.86. The zero-order valence-corrected chi connectivity index (χ0v) is 18.1. The van der Waals surface area contributed by atoms with Crippen molar-refractivity contribution in [1.29, 1.82) is 0 Å². The molecule has 3 aromatic carbocycles. The number of hydrogen-bond acceptors (Lipinski definition) is 5. The smallest absolute Gasteiger partial charge is 0.280 e. The summed E-state index contributed by atoms with van der Waals surface area (Å²) in [5.41, 5.74) is 2.65. The molecule has 4 rings (SSSR count). The molecule has 0 aliphatic carbocycles. The van der Waals surface area contributed by atoms with E-state index in [2.05, 4.69) is 4.90 Å². The number of rotatable bonds is 8. The van der Waals surface area contributed by atoms with E-state index in [-0.39, 0.29) is 10.6 Å². The molecule has 0 atom stereocenters. The zero-order chi connectivity index (χ0) is 22.3. The Morgan fingerprint density at radius 1 is 1.00 bits per heavy atom. The van der Waals surface area contributed by atoms with Crippen LogP contribution >= 0.6 is 0 Å². The van der Waals surface area contributed by atoms with E-state index in [1.807, 2.05) is 61.7 Å². The Kier molecular flexibility index (Phi) is 6.70. The molecule has 6 nitrogen and oxygen atoms in total. The first kappa shape index (κ1) is 21.4. The molecule has 1 aliphatic rings. The molecule has 32 heavy (non-hydrogen) atoms. The third-order valence-electron chi connectivity index (χ3n) is 5.37. The lowest BCUT2D eigenvalue weighted by atomic mass is 10.1. The Morgan fingerprint density at radius 2 is 1.78 bits per heavy atom. The highest BCUT2D eigenvalue weighted by Crippen LogP contribution is 2.35. The van der Waals surface area contributed by atoms with Gasteiger partial charge in [0.05, 0.1) is 16.6 Å². The van der Waals surface area contributed by atoms with Crippen molar-refractivity contribution in [3.8, 4) is 17.2 Å². The topological polar surface area (TPSA) is 64.8 Å². The van der Waals surface area contributed by atoms with Gasteiger partial charge in [0.1, 0.15) is 12.4 Å².